The van der Waals surface area contributed by atoms with Crippen molar-refractivity contribution in [3.8, 4) is 22.8 Å². The first-order valence-electron chi connectivity index (χ1n) is 14.6. The zero-order valence-corrected chi connectivity index (χ0v) is 26.0. The molecule has 1 unspecified atom stereocenters. The lowest BCUT2D eigenvalue weighted by molar-refractivity contribution is -0.123. The molecule has 0 spiro atoms. The van der Waals surface area contributed by atoms with Crippen LogP contribution in [0.5, 0.6) is 11.5 Å². The van der Waals surface area contributed by atoms with E-state index in [2.05, 4.69) is 10.4 Å². The molecule has 0 radical (unpaired) electrons. The highest BCUT2D eigenvalue weighted by Gasteiger charge is 2.50. The molecule has 2 amide bonds. The average Bonchev–Trinajstić information content (AvgIpc) is 3.96. The number of carbonyl (C=O) groups excluding carboxylic acids is 2. The number of aromatic nitrogens is 3. The Kier molecular flexibility index (Phi) is 6.99. The summed E-state index contributed by atoms with van der Waals surface area (Å²) in [5.74, 6) is -1.30. The van der Waals surface area contributed by atoms with Crippen molar-refractivity contribution in [3.05, 3.63) is 69.2 Å². The molecule has 2 aromatic carbocycles. The van der Waals surface area contributed by atoms with Crippen molar-refractivity contribution in [1.82, 2.24) is 20.1 Å². The quantitative estimate of drug-likeness (QED) is 0.215. The van der Waals surface area contributed by atoms with Gasteiger partial charge in [0.1, 0.15) is 46.1 Å². The van der Waals surface area contributed by atoms with E-state index >= 15 is 0 Å². The number of carbonyl (C=O) groups is 2. The summed E-state index contributed by atoms with van der Waals surface area (Å²) in [5, 5.41) is 20.4. The van der Waals surface area contributed by atoms with E-state index in [1.54, 1.807) is 25.1 Å². The lowest BCUT2D eigenvalue weighted by Gasteiger charge is -2.30. The second kappa shape index (κ2) is 10.6. The van der Waals surface area contributed by atoms with Gasteiger partial charge < -0.3 is 25.6 Å². The van der Waals surface area contributed by atoms with Crippen LogP contribution >= 0.6 is 23.2 Å². The number of nitrogens with zero attached hydrogens (tertiary/aromatic N) is 3. The van der Waals surface area contributed by atoms with Gasteiger partial charge in [0.25, 0.3) is 5.91 Å². The van der Waals surface area contributed by atoms with E-state index in [4.69, 9.17) is 43.4 Å². The number of fused-ring (bicyclic) bond motifs is 2. The van der Waals surface area contributed by atoms with Crippen molar-refractivity contribution in [2.24, 2.45) is 11.7 Å². The molecule has 2 saturated carbocycles. The number of ether oxygens (including phenoxy) is 2. The Balaban J connectivity index is 1.27. The Morgan fingerprint density at radius 1 is 1.20 bits per heavy atom. The van der Waals surface area contributed by atoms with Crippen LogP contribution in [0.25, 0.3) is 22.2 Å². The highest BCUT2D eigenvalue weighted by molar-refractivity contribution is 6.35. The lowest BCUT2D eigenvalue weighted by atomic mass is 9.81. The van der Waals surface area contributed by atoms with Gasteiger partial charge in [0.05, 0.1) is 35.4 Å². The Bertz CT molecular complexity index is 1910. The fraction of sp³-hybridized carbons (Fsp3) is 0.375. The summed E-state index contributed by atoms with van der Waals surface area (Å²) in [6, 6.07) is 7.72. The molecule has 2 aromatic heterocycles. The molecule has 1 aliphatic heterocycles. The van der Waals surface area contributed by atoms with Crippen molar-refractivity contribution < 1.29 is 28.6 Å². The van der Waals surface area contributed by atoms with Crippen molar-refractivity contribution in [1.29, 1.82) is 0 Å². The van der Waals surface area contributed by atoms with Gasteiger partial charge in [-0.3, -0.25) is 14.3 Å². The second-order valence-corrected chi connectivity index (χ2v) is 13.1. The summed E-state index contributed by atoms with van der Waals surface area (Å²) in [6.07, 6.45) is 5.41. The van der Waals surface area contributed by atoms with Gasteiger partial charge in [-0.05, 0) is 68.9 Å². The van der Waals surface area contributed by atoms with E-state index < -0.39 is 28.6 Å². The van der Waals surface area contributed by atoms with Gasteiger partial charge in [0.2, 0.25) is 5.91 Å². The Hall–Kier alpha value is -3.93. The third-order valence-corrected chi connectivity index (χ3v) is 9.69. The third-order valence-electron chi connectivity index (χ3n) is 9.09. The molecular formula is C32H30Cl2FN5O5. The minimum absolute atomic E-state index is 0.0117. The Morgan fingerprint density at radius 3 is 2.62 bits per heavy atom. The predicted molar refractivity (Wildman–Crippen MR) is 165 cm³/mol. The molecule has 3 heterocycles. The van der Waals surface area contributed by atoms with Crippen LogP contribution in [0.15, 0.2) is 36.5 Å². The maximum Gasteiger partial charge on any atom is 0.251 e. The van der Waals surface area contributed by atoms with E-state index in [0.29, 0.717) is 41.3 Å². The number of methoxy groups -OCH3 is 1. The van der Waals surface area contributed by atoms with Crippen molar-refractivity contribution >= 4 is 45.9 Å². The molecule has 234 valence electrons. The zero-order valence-electron chi connectivity index (χ0n) is 24.5. The van der Waals surface area contributed by atoms with Gasteiger partial charge >= 0.3 is 0 Å². The number of benzene rings is 2. The number of amides is 2. The maximum absolute atomic E-state index is 14.2. The molecule has 2 atom stereocenters. The zero-order chi connectivity index (χ0) is 31.8. The van der Waals surface area contributed by atoms with Crippen molar-refractivity contribution in [2.75, 3.05) is 20.3 Å². The number of halogens is 3. The summed E-state index contributed by atoms with van der Waals surface area (Å²) in [6.45, 7) is 1.39. The maximum atomic E-state index is 14.2. The largest absolute Gasteiger partial charge is 0.494 e. The average molecular weight is 655 g/mol. The highest BCUT2D eigenvalue weighted by atomic mass is 35.5. The molecule has 3 aliphatic rings. The van der Waals surface area contributed by atoms with Crippen LogP contribution in [0.4, 0.5) is 4.39 Å². The molecular weight excluding hydrogens is 624 g/mol. The van der Waals surface area contributed by atoms with E-state index in [1.165, 1.54) is 13.2 Å². The molecule has 2 aliphatic carbocycles. The van der Waals surface area contributed by atoms with Crippen LogP contribution < -0.4 is 20.5 Å². The number of hydrogen-bond donors (Lipinski definition) is 3. The molecule has 7 rings (SSSR count). The molecule has 4 N–H and O–H groups in total. The number of rotatable bonds is 9. The minimum Gasteiger partial charge on any atom is -0.494 e. The van der Waals surface area contributed by atoms with Gasteiger partial charge in [-0.15, -0.1) is 0 Å². The summed E-state index contributed by atoms with van der Waals surface area (Å²) in [7, 11) is 1.53. The number of primary amides is 1. The molecule has 13 heteroatoms. The summed E-state index contributed by atoms with van der Waals surface area (Å²) < 4.78 is 27.6. The van der Waals surface area contributed by atoms with Crippen molar-refractivity contribution in [2.45, 2.75) is 49.7 Å². The summed E-state index contributed by atoms with van der Waals surface area (Å²) in [4.78, 5) is 31.0. The monoisotopic (exact) mass is 653 g/mol. The molecule has 0 bridgehead atoms. The number of nitrogens with two attached hydrogens (primary N) is 1. The van der Waals surface area contributed by atoms with E-state index in [-0.39, 0.29) is 51.8 Å². The first-order chi connectivity index (χ1) is 21.4. The number of hydrogen-bond acceptors (Lipinski definition) is 7. The van der Waals surface area contributed by atoms with Gasteiger partial charge in [0.15, 0.2) is 0 Å². The van der Waals surface area contributed by atoms with Crippen LogP contribution in [0.1, 0.15) is 60.3 Å². The van der Waals surface area contributed by atoms with Crippen LogP contribution in [0.2, 0.25) is 10.0 Å². The standard InChI is InChI=1S/C32H30Cl2FN5O5/c1-31(30(36)42)14-45-28-20(31)10-25(38-27(28)19-9-22(34)23(35)11-21(19)33)32(43,17-3-4-17)13-37-29(41)15-7-16-12-40(18-5-6-18)39-26(16)24(8-15)44-2/h7-12,17-18,43H,3-6,13-14H2,1-2H3,(H2,36,42)(H,37,41)/t31-,32?/m0/s1. The third kappa shape index (κ3) is 4.97. The Morgan fingerprint density at radius 2 is 1.96 bits per heavy atom. The lowest BCUT2D eigenvalue weighted by Crippen LogP contribution is -2.44. The van der Waals surface area contributed by atoms with Crippen LogP contribution in [0, 0.1) is 11.7 Å². The van der Waals surface area contributed by atoms with Gasteiger partial charge in [-0.25, -0.2) is 9.37 Å². The fourth-order valence-electron chi connectivity index (χ4n) is 5.95. The first kappa shape index (κ1) is 29.8. The first-order valence-corrected chi connectivity index (χ1v) is 15.4. The van der Waals surface area contributed by atoms with Crippen LogP contribution in [0.3, 0.4) is 0 Å². The SMILES string of the molecule is COc1cc(C(=O)NCC(O)(c2cc3c(c(-c4cc(Cl)c(F)cc4Cl)n2)OC[C@]3(C)C(N)=O)C2CC2)cc2cn(C3CC3)nc12. The Labute approximate surface area is 267 Å². The van der Waals surface area contributed by atoms with E-state index in [0.717, 1.165) is 24.3 Å². The fourth-order valence-corrected chi connectivity index (χ4v) is 6.36. The number of nitrogens with one attached hydrogen (secondary N) is 1. The molecule has 45 heavy (non-hydrogen) atoms. The van der Waals surface area contributed by atoms with Gasteiger partial charge in [0, 0.05) is 28.3 Å². The van der Waals surface area contributed by atoms with E-state index in [9.17, 15) is 19.1 Å². The molecule has 4 aromatic rings. The highest BCUT2D eigenvalue weighted by Crippen LogP contribution is 2.51. The van der Waals surface area contributed by atoms with Crippen LogP contribution in [-0.2, 0) is 15.8 Å². The summed E-state index contributed by atoms with van der Waals surface area (Å²) in [5.41, 5.74) is 4.97. The van der Waals surface area contributed by atoms with Gasteiger partial charge in [-0.2, -0.15) is 5.10 Å². The van der Waals surface area contributed by atoms with Gasteiger partial charge in [-0.1, -0.05) is 23.2 Å². The number of aliphatic hydroxyl groups is 1. The number of pyridine rings is 1. The molecule has 10 nitrogen and oxygen atoms in total. The second-order valence-electron chi connectivity index (χ2n) is 12.3. The minimum atomic E-state index is -1.64. The van der Waals surface area contributed by atoms with Crippen LogP contribution in [-0.4, -0.2) is 51.9 Å². The summed E-state index contributed by atoms with van der Waals surface area (Å²) >= 11 is 12.6. The topological polar surface area (TPSA) is 142 Å². The molecule has 0 saturated heterocycles. The van der Waals surface area contributed by atoms with Crippen molar-refractivity contribution in [3.63, 3.8) is 0 Å². The van der Waals surface area contributed by atoms with E-state index in [1.807, 2.05) is 10.9 Å². The predicted octanol–water partition coefficient (Wildman–Crippen LogP) is 5.05. The molecule has 2 fully saturated rings. The smallest absolute Gasteiger partial charge is 0.251 e. The normalized spacial score (nSPS) is 20.4.